The second-order valence-electron chi connectivity index (χ2n) is 7.94. The number of nitrogens with zero attached hydrogens (tertiary/aromatic N) is 2. The number of piperazine rings is 1. The van der Waals surface area contributed by atoms with E-state index in [1.807, 2.05) is 9.80 Å². The van der Waals surface area contributed by atoms with Gasteiger partial charge in [-0.15, -0.1) is 0 Å². The lowest BCUT2D eigenvalue weighted by Crippen LogP contribution is -3.13. The first-order valence-corrected chi connectivity index (χ1v) is 10.6. The first-order valence-electron chi connectivity index (χ1n) is 10.6. The minimum Gasteiger partial charge on any atom is -0.378 e. The van der Waals surface area contributed by atoms with Crippen LogP contribution >= 0.6 is 0 Å². The number of carbonyl (C=O) groups is 2. The van der Waals surface area contributed by atoms with Crippen molar-refractivity contribution in [3.63, 3.8) is 0 Å². The van der Waals surface area contributed by atoms with Gasteiger partial charge in [0.2, 0.25) is 11.8 Å². The van der Waals surface area contributed by atoms with Gasteiger partial charge in [-0.3, -0.25) is 9.59 Å². The number of nitrogens with one attached hydrogen (secondary N) is 1. The molecule has 6 heteroatoms. The van der Waals surface area contributed by atoms with Crippen LogP contribution in [0.3, 0.4) is 0 Å². The van der Waals surface area contributed by atoms with Gasteiger partial charge >= 0.3 is 0 Å². The van der Waals surface area contributed by atoms with Crippen molar-refractivity contribution in [2.45, 2.75) is 19.4 Å². The number of hydrogen-bond acceptors (Lipinski definition) is 3. The van der Waals surface area contributed by atoms with E-state index in [9.17, 15) is 9.59 Å². The van der Waals surface area contributed by atoms with Gasteiger partial charge in [-0.1, -0.05) is 42.5 Å². The number of morpholine rings is 1. The van der Waals surface area contributed by atoms with Crippen molar-refractivity contribution in [2.75, 3.05) is 52.5 Å². The predicted octanol–water partition coefficient (Wildman–Crippen LogP) is 0.706. The van der Waals surface area contributed by atoms with Gasteiger partial charge in [0.15, 0.2) is 0 Å². The topological polar surface area (TPSA) is 54.3 Å². The van der Waals surface area contributed by atoms with Gasteiger partial charge in [0, 0.05) is 31.5 Å². The fourth-order valence-corrected chi connectivity index (χ4v) is 4.31. The van der Waals surface area contributed by atoms with Gasteiger partial charge in [0.05, 0.1) is 39.4 Å². The number of benzene rings is 2. The molecule has 154 valence electrons. The normalized spacial score (nSPS) is 18.2. The molecule has 2 aromatic rings. The molecular weight excluding hydrogens is 366 g/mol. The summed E-state index contributed by atoms with van der Waals surface area (Å²) in [5.74, 6) is 0.178. The Labute approximate surface area is 172 Å². The molecule has 1 N–H and O–H groups in total. The zero-order valence-corrected chi connectivity index (χ0v) is 16.9. The van der Waals surface area contributed by atoms with Crippen LogP contribution in [0.25, 0.3) is 10.8 Å². The van der Waals surface area contributed by atoms with Crippen molar-refractivity contribution in [2.24, 2.45) is 0 Å². The Bertz CT molecular complexity index is 850. The average molecular weight is 397 g/mol. The van der Waals surface area contributed by atoms with E-state index < -0.39 is 0 Å². The zero-order chi connectivity index (χ0) is 20.1. The van der Waals surface area contributed by atoms with Crippen LogP contribution in [0.4, 0.5) is 0 Å². The standard InChI is InChI=1S/C23H29N3O3/c27-22(8-9-23(28)26-14-16-29-17-15-26)25-12-10-24(11-13-25)18-20-6-3-5-19-4-1-2-7-21(19)20/h1-7H,8-18H2/p+1. The average Bonchev–Trinajstić information content (AvgIpc) is 2.78. The summed E-state index contributed by atoms with van der Waals surface area (Å²) in [6, 6.07) is 15.0. The van der Waals surface area contributed by atoms with Crippen molar-refractivity contribution < 1.29 is 19.2 Å². The molecule has 2 amide bonds. The maximum atomic E-state index is 12.5. The summed E-state index contributed by atoms with van der Waals surface area (Å²) in [6.45, 7) is 6.90. The van der Waals surface area contributed by atoms with E-state index >= 15 is 0 Å². The molecule has 2 heterocycles. The van der Waals surface area contributed by atoms with E-state index in [4.69, 9.17) is 4.74 Å². The van der Waals surface area contributed by atoms with Gasteiger partial charge in [0.25, 0.3) is 0 Å². The maximum Gasteiger partial charge on any atom is 0.223 e. The Morgan fingerprint density at radius 2 is 1.45 bits per heavy atom. The first-order chi connectivity index (χ1) is 14.2. The third kappa shape index (κ3) is 4.95. The monoisotopic (exact) mass is 396 g/mol. The van der Waals surface area contributed by atoms with Gasteiger partial charge in [-0.2, -0.15) is 0 Å². The van der Waals surface area contributed by atoms with Gasteiger partial charge in [-0.05, 0) is 10.8 Å². The highest BCUT2D eigenvalue weighted by atomic mass is 16.5. The van der Waals surface area contributed by atoms with Crippen LogP contribution in [0.15, 0.2) is 42.5 Å². The highest BCUT2D eigenvalue weighted by Crippen LogP contribution is 2.17. The summed E-state index contributed by atoms with van der Waals surface area (Å²) >= 11 is 0. The Kier molecular flexibility index (Phi) is 6.42. The third-order valence-electron chi connectivity index (χ3n) is 6.06. The van der Waals surface area contributed by atoms with Crippen molar-refractivity contribution in [1.29, 1.82) is 0 Å². The molecule has 0 aromatic heterocycles. The highest BCUT2D eigenvalue weighted by Gasteiger charge is 2.25. The van der Waals surface area contributed by atoms with Crippen LogP contribution in [0.5, 0.6) is 0 Å². The predicted molar refractivity (Wildman–Crippen MR) is 112 cm³/mol. The summed E-state index contributed by atoms with van der Waals surface area (Å²) in [5, 5.41) is 2.60. The van der Waals surface area contributed by atoms with Crippen LogP contribution in [-0.4, -0.2) is 74.1 Å². The van der Waals surface area contributed by atoms with Crippen molar-refractivity contribution in [1.82, 2.24) is 9.80 Å². The van der Waals surface area contributed by atoms with Crippen molar-refractivity contribution >= 4 is 22.6 Å². The fourth-order valence-electron chi connectivity index (χ4n) is 4.31. The van der Waals surface area contributed by atoms with E-state index in [2.05, 4.69) is 42.5 Å². The number of fused-ring (bicyclic) bond motifs is 1. The minimum absolute atomic E-state index is 0.0712. The molecule has 29 heavy (non-hydrogen) atoms. The summed E-state index contributed by atoms with van der Waals surface area (Å²) in [6.07, 6.45) is 0.622. The molecular formula is C23H30N3O3+. The minimum atomic E-state index is 0.0712. The largest absolute Gasteiger partial charge is 0.378 e. The van der Waals surface area contributed by atoms with E-state index in [0.29, 0.717) is 39.1 Å². The molecule has 0 spiro atoms. The van der Waals surface area contributed by atoms with Crippen LogP contribution in [0.1, 0.15) is 18.4 Å². The lowest BCUT2D eigenvalue weighted by atomic mass is 10.0. The van der Waals surface area contributed by atoms with E-state index in [-0.39, 0.29) is 11.8 Å². The van der Waals surface area contributed by atoms with Gasteiger partial charge in [-0.25, -0.2) is 0 Å². The molecule has 2 fully saturated rings. The van der Waals surface area contributed by atoms with Crippen LogP contribution in [-0.2, 0) is 20.9 Å². The molecule has 0 radical (unpaired) electrons. The van der Waals surface area contributed by atoms with E-state index in [0.717, 1.165) is 32.7 Å². The third-order valence-corrected chi connectivity index (χ3v) is 6.06. The lowest BCUT2D eigenvalue weighted by Gasteiger charge is -2.33. The number of ether oxygens (including phenoxy) is 1. The zero-order valence-electron chi connectivity index (χ0n) is 16.9. The Morgan fingerprint density at radius 3 is 2.17 bits per heavy atom. The molecule has 4 rings (SSSR count). The van der Waals surface area contributed by atoms with Gasteiger partial charge in [0.1, 0.15) is 6.54 Å². The number of hydrogen-bond donors (Lipinski definition) is 1. The van der Waals surface area contributed by atoms with E-state index in [1.54, 1.807) is 0 Å². The van der Waals surface area contributed by atoms with Crippen LogP contribution in [0, 0.1) is 0 Å². The molecule has 2 saturated heterocycles. The molecule has 0 saturated carbocycles. The number of amides is 2. The second-order valence-corrected chi connectivity index (χ2v) is 7.94. The van der Waals surface area contributed by atoms with Crippen LogP contribution in [0.2, 0.25) is 0 Å². The number of quaternary nitrogens is 1. The molecule has 0 unspecified atom stereocenters. The first kappa shape index (κ1) is 19.9. The van der Waals surface area contributed by atoms with Gasteiger partial charge < -0.3 is 19.4 Å². The lowest BCUT2D eigenvalue weighted by molar-refractivity contribution is -0.917. The molecule has 0 atom stereocenters. The highest BCUT2D eigenvalue weighted by molar-refractivity contribution is 5.85. The molecule has 0 bridgehead atoms. The van der Waals surface area contributed by atoms with E-state index in [1.165, 1.54) is 21.2 Å². The maximum absolute atomic E-state index is 12.5. The second kappa shape index (κ2) is 9.37. The smallest absolute Gasteiger partial charge is 0.223 e. The fraction of sp³-hybridized carbons (Fsp3) is 0.478. The SMILES string of the molecule is O=C(CCC(=O)N1CC[NH+](Cc2cccc3ccccc23)CC1)N1CCOCC1. The van der Waals surface area contributed by atoms with Crippen molar-refractivity contribution in [3.05, 3.63) is 48.0 Å². The molecule has 2 aromatic carbocycles. The quantitative estimate of drug-likeness (QED) is 0.810. The number of rotatable bonds is 5. The Balaban J connectivity index is 1.24. The summed E-state index contributed by atoms with van der Waals surface area (Å²) < 4.78 is 5.28. The molecule has 2 aliphatic heterocycles. The summed E-state index contributed by atoms with van der Waals surface area (Å²) in [4.78, 5) is 30.0. The Hall–Kier alpha value is -2.44. The number of carbonyl (C=O) groups excluding carboxylic acids is 2. The summed E-state index contributed by atoms with van der Waals surface area (Å²) in [7, 11) is 0. The molecule has 6 nitrogen and oxygen atoms in total. The summed E-state index contributed by atoms with van der Waals surface area (Å²) in [5.41, 5.74) is 1.37. The van der Waals surface area contributed by atoms with Crippen molar-refractivity contribution in [3.8, 4) is 0 Å². The molecule has 0 aliphatic carbocycles. The van der Waals surface area contributed by atoms with Crippen LogP contribution < -0.4 is 4.90 Å². The molecule has 2 aliphatic rings. The Morgan fingerprint density at radius 1 is 0.828 bits per heavy atom.